The molecule has 1 aromatic carbocycles. The Morgan fingerprint density at radius 3 is 2.61 bits per heavy atom. The summed E-state index contributed by atoms with van der Waals surface area (Å²) in [5.74, 6) is -0.987. The molecule has 0 aliphatic carbocycles. The van der Waals surface area contributed by atoms with Crippen molar-refractivity contribution >= 4 is 23.3 Å². The minimum atomic E-state index is -3.74. The summed E-state index contributed by atoms with van der Waals surface area (Å²) < 4.78 is 48.0. The SMILES string of the molecule is O=C(Nc1ccc(-c2cc3c(cc2Cl)OC(F)(F)O3)cn1)C1=CC=C(F)NC1. The second kappa shape index (κ2) is 6.75. The van der Waals surface area contributed by atoms with Gasteiger partial charge in [-0.1, -0.05) is 11.6 Å². The topological polar surface area (TPSA) is 72.5 Å². The van der Waals surface area contributed by atoms with Gasteiger partial charge in [-0.05, 0) is 30.4 Å². The van der Waals surface area contributed by atoms with Gasteiger partial charge in [0.25, 0.3) is 5.91 Å². The van der Waals surface area contributed by atoms with Crippen LogP contribution in [0.3, 0.4) is 0 Å². The number of benzene rings is 1. The Hall–Kier alpha value is -3.20. The highest BCUT2D eigenvalue weighted by Gasteiger charge is 2.43. The van der Waals surface area contributed by atoms with Crippen LogP contribution in [0.2, 0.25) is 5.02 Å². The van der Waals surface area contributed by atoms with Gasteiger partial charge in [0.1, 0.15) is 5.82 Å². The lowest BCUT2D eigenvalue weighted by atomic mass is 10.1. The van der Waals surface area contributed by atoms with Gasteiger partial charge in [-0.2, -0.15) is 4.39 Å². The molecule has 28 heavy (non-hydrogen) atoms. The number of dihydropyridines is 1. The zero-order chi connectivity index (χ0) is 19.9. The first kappa shape index (κ1) is 18.2. The Bertz CT molecular complexity index is 1020. The Balaban J connectivity index is 1.52. The van der Waals surface area contributed by atoms with Crippen molar-refractivity contribution in [3.8, 4) is 22.6 Å². The predicted molar refractivity (Wildman–Crippen MR) is 94.8 cm³/mol. The van der Waals surface area contributed by atoms with E-state index in [1.54, 1.807) is 6.07 Å². The minimum absolute atomic E-state index is 0.0592. The molecule has 0 radical (unpaired) electrons. The molecule has 0 atom stereocenters. The van der Waals surface area contributed by atoms with E-state index < -0.39 is 18.2 Å². The molecule has 6 nitrogen and oxygen atoms in total. The van der Waals surface area contributed by atoms with E-state index in [1.165, 1.54) is 30.5 Å². The standard InChI is InChI=1S/C18H11ClF3N3O3/c19-12-6-14-13(27-18(21,22)28-14)5-11(12)9-2-4-16(24-7-9)25-17(26)10-1-3-15(20)23-8-10/h1-7,23H,8H2,(H,24,25,26). The third-order valence-electron chi connectivity index (χ3n) is 3.98. The quantitative estimate of drug-likeness (QED) is 0.750. The summed E-state index contributed by atoms with van der Waals surface area (Å²) in [7, 11) is 0. The largest absolute Gasteiger partial charge is 0.586 e. The third-order valence-corrected chi connectivity index (χ3v) is 4.29. The van der Waals surface area contributed by atoms with Crippen molar-refractivity contribution in [3.05, 3.63) is 59.2 Å². The summed E-state index contributed by atoms with van der Waals surface area (Å²) >= 11 is 6.14. The molecule has 1 amide bonds. The lowest BCUT2D eigenvalue weighted by molar-refractivity contribution is -0.286. The summed E-state index contributed by atoms with van der Waals surface area (Å²) in [6.07, 6.45) is 0.208. The summed E-state index contributed by atoms with van der Waals surface area (Å²) in [6.45, 7) is 0.0592. The second-order valence-corrected chi connectivity index (χ2v) is 6.30. The van der Waals surface area contributed by atoms with Crippen LogP contribution in [0.1, 0.15) is 0 Å². The van der Waals surface area contributed by atoms with Crippen LogP contribution >= 0.6 is 11.6 Å². The number of alkyl halides is 2. The van der Waals surface area contributed by atoms with Crippen LogP contribution in [0.4, 0.5) is 19.0 Å². The van der Waals surface area contributed by atoms with Crippen LogP contribution in [0.15, 0.2) is 54.1 Å². The molecule has 0 saturated heterocycles. The molecule has 0 saturated carbocycles. The number of amides is 1. The fourth-order valence-corrected chi connectivity index (χ4v) is 2.91. The van der Waals surface area contributed by atoms with Crippen LogP contribution in [0.25, 0.3) is 11.1 Å². The molecule has 2 aliphatic heterocycles. The molecule has 10 heteroatoms. The molecule has 0 spiro atoms. The predicted octanol–water partition coefficient (Wildman–Crippen LogP) is 4.00. The fourth-order valence-electron chi connectivity index (χ4n) is 2.64. The van der Waals surface area contributed by atoms with E-state index in [9.17, 15) is 18.0 Å². The molecule has 3 heterocycles. The first-order chi connectivity index (χ1) is 13.3. The number of fused-ring (bicyclic) bond motifs is 1. The third kappa shape index (κ3) is 3.61. The normalized spacial score (nSPS) is 16.7. The van der Waals surface area contributed by atoms with Crippen molar-refractivity contribution in [1.82, 2.24) is 10.3 Å². The van der Waals surface area contributed by atoms with Gasteiger partial charge in [-0.15, -0.1) is 8.78 Å². The molecule has 1 aromatic heterocycles. The van der Waals surface area contributed by atoms with E-state index in [-0.39, 0.29) is 28.9 Å². The zero-order valence-electron chi connectivity index (χ0n) is 13.9. The van der Waals surface area contributed by atoms with Gasteiger partial charge in [0.15, 0.2) is 17.4 Å². The second-order valence-electron chi connectivity index (χ2n) is 5.89. The maximum absolute atomic E-state index is 13.2. The molecule has 4 rings (SSSR count). The van der Waals surface area contributed by atoms with Gasteiger partial charge >= 0.3 is 6.29 Å². The number of hydrogen-bond acceptors (Lipinski definition) is 5. The smallest absolute Gasteiger partial charge is 0.395 e. The van der Waals surface area contributed by atoms with Crippen LogP contribution in [0.5, 0.6) is 11.5 Å². The monoisotopic (exact) mass is 409 g/mol. The number of ether oxygens (including phenoxy) is 2. The average molecular weight is 410 g/mol. The molecule has 2 aliphatic rings. The number of halogens is 4. The van der Waals surface area contributed by atoms with Crippen LogP contribution in [-0.4, -0.2) is 23.7 Å². The summed E-state index contributed by atoms with van der Waals surface area (Å²) in [4.78, 5) is 16.3. The number of carbonyl (C=O) groups excluding carboxylic acids is 1. The number of anilines is 1. The van der Waals surface area contributed by atoms with Crippen molar-refractivity contribution in [2.24, 2.45) is 0 Å². The van der Waals surface area contributed by atoms with Gasteiger partial charge in [-0.3, -0.25) is 4.79 Å². The number of aromatic nitrogens is 1. The van der Waals surface area contributed by atoms with Crippen molar-refractivity contribution in [1.29, 1.82) is 0 Å². The highest BCUT2D eigenvalue weighted by atomic mass is 35.5. The van der Waals surface area contributed by atoms with Gasteiger partial charge in [0, 0.05) is 35.5 Å². The highest BCUT2D eigenvalue weighted by Crippen LogP contribution is 2.45. The van der Waals surface area contributed by atoms with Crippen molar-refractivity contribution in [2.75, 3.05) is 11.9 Å². The number of rotatable bonds is 3. The Morgan fingerprint density at radius 2 is 1.96 bits per heavy atom. The van der Waals surface area contributed by atoms with E-state index in [0.29, 0.717) is 16.7 Å². The molecule has 2 aromatic rings. The maximum atomic E-state index is 13.2. The van der Waals surface area contributed by atoms with Gasteiger partial charge in [0.2, 0.25) is 0 Å². The Labute approximate surface area is 161 Å². The fraction of sp³-hybridized carbons (Fsp3) is 0.111. The molecule has 2 N–H and O–H groups in total. The molecular formula is C18H11ClF3N3O3. The summed E-state index contributed by atoms with van der Waals surface area (Å²) in [5, 5.41) is 5.17. The number of pyridine rings is 1. The first-order valence-electron chi connectivity index (χ1n) is 7.98. The average Bonchev–Trinajstić information content (AvgIpc) is 2.95. The Kier molecular flexibility index (Phi) is 4.38. The van der Waals surface area contributed by atoms with Gasteiger partial charge in [-0.25, -0.2) is 4.98 Å². The summed E-state index contributed by atoms with van der Waals surface area (Å²) in [5.41, 5.74) is 1.27. The zero-order valence-corrected chi connectivity index (χ0v) is 14.7. The highest BCUT2D eigenvalue weighted by molar-refractivity contribution is 6.33. The van der Waals surface area contributed by atoms with Crippen molar-refractivity contribution < 1.29 is 27.4 Å². The van der Waals surface area contributed by atoms with E-state index in [1.807, 2.05) is 0 Å². The molecule has 0 unspecified atom stereocenters. The van der Waals surface area contributed by atoms with Crippen molar-refractivity contribution in [2.45, 2.75) is 6.29 Å². The van der Waals surface area contributed by atoms with Crippen molar-refractivity contribution in [3.63, 3.8) is 0 Å². The molecule has 0 fully saturated rings. The van der Waals surface area contributed by atoms with E-state index in [4.69, 9.17) is 11.6 Å². The molecule has 144 valence electrons. The van der Waals surface area contributed by atoms with Gasteiger partial charge < -0.3 is 20.1 Å². The van der Waals surface area contributed by atoms with E-state index in [0.717, 1.165) is 6.08 Å². The number of nitrogens with zero attached hydrogens (tertiary/aromatic N) is 1. The lowest BCUT2D eigenvalue weighted by Gasteiger charge is -2.12. The van der Waals surface area contributed by atoms with E-state index >= 15 is 0 Å². The minimum Gasteiger partial charge on any atom is -0.395 e. The molecule has 0 bridgehead atoms. The number of carbonyl (C=O) groups is 1. The number of nitrogens with one attached hydrogen (secondary N) is 2. The van der Waals surface area contributed by atoms with Gasteiger partial charge in [0.05, 0.1) is 5.02 Å². The first-order valence-corrected chi connectivity index (χ1v) is 8.36. The molecular weight excluding hydrogens is 399 g/mol. The number of allylic oxidation sites excluding steroid dienone is 2. The van der Waals surface area contributed by atoms with Crippen LogP contribution in [0, 0.1) is 0 Å². The Morgan fingerprint density at radius 1 is 1.21 bits per heavy atom. The van der Waals surface area contributed by atoms with Crippen LogP contribution < -0.4 is 20.1 Å². The number of hydrogen-bond donors (Lipinski definition) is 2. The summed E-state index contributed by atoms with van der Waals surface area (Å²) in [6, 6.07) is 5.69. The lowest BCUT2D eigenvalue weighted by Crippen LogP contribution is -2.26. The van der Waals surface area contributed by atoms with Crippen LogP contribution in [-0.2, 0) is 4.79 Å². The van der Waals surface area contributed by atoms with E-state index in [2.05, 4.69) is 25.1 Å². The maximum Gasteiger partial charge on any atom is 0.586 e.